The first-order valence-corrected chi connectivity index (χ1v) is 7.61. The van der Waals surface area contributed by atoms with Crippen LogP contribution in [-0.2, 0) is 0 Å². The Labute approximate surface area is 140 Å². The van der Waals surface area contributed by atoms with Crippen molar-refractivity contribution in [3.8, 4) is 17.2 Å². The van der Waals surface area contributed by atoms with E-state index in [9.17, 15) is 9.90 Å². The van der Waals surface area contributed by atoms with Crippen molar-refractivity contribution in [2.75, 3.05) is 14.2 Å². The first-order chi connectivity index (χ1) is 11.6. The molecule has 126 valence electrons. The summed E-state index contributed by atoms with van der Waals surface area (Å²) in [6.07, 6.45) is 1.39. The fourth-order valence-corrected chi connectivity index (χ4v) is 2.33. The zero-order valence-electron chi connectivity index (χ0n) is 14.1. The molecule has 24 heavy (non-hydrogen) atoms. The lowest BCUT2D eigenvalue weighted by Gasteiger charge is -2.08. The van der Waals surface area contributed by atoms with Crippen LogP contribution in [0.15, 0.2) is 47.1 Å². The number of aromatic hydroxyl groups is 1. The Hall–Kier alpha value is -2.95. The van der Waals surface area contributed by atoms with E-state index in [1.165, 1.54) is 32.6 Å². The zero-order chi connectivity index (χ0) is 17.7. The summed E-state index contributed by atoms with van der Waals surface area (Å²) in [6.45, 7) is 4.00. The molecule has 0 saturated heterocycles. The van der Waals surface area contributed by atoms with Crippen LogP contribution in [0.2, 0.25) is 0 Å². The fraction of sp³-hybridized carbons (Fsp3) is 0.211. The Bertz CT molecular complexity index is 848. The lowest BCUT2D eigenvalue weighted by Crippen LogP contribution is -2.01. The summed E-state index contributed by atoms with van der Waals surface area (Å²) < 4.78 is 15.7. The Balaban J connectivity index is 0.00000100. The third-order valence-corrected chi connectivity index (χ3v) is 3.45. The second-order valence-electron chi connectivity index (χ2n) is 4.73. The minimum absolute atomic E-state index is 0.0789. The molecule has 2 aromatic carbocycles. The van der Waals surface area contributed by atoms with Crippen LogP contribution in [-0.4, -0.2) is 25.1 Å². The van der Waals surface area contributed by atoms with Gasteiger partial charge in [0.25, 0.3) is 0 Å². The highest BCUT2D eigenvalue weighted by Crippen LogP contribution is 2.31. The number of methoxy groups -OCH3 is 2. The number of furan rings is 1. The summed E-state index contributed by atoms with van der Waals surface area (Å²) in [5.74, 6) is 0.887. The minimum atomic E-state index is -0.217. The lowest BCUT2D eigenvalue weighted by atomic mass is 10.0. The number of phenolic OH excluding ortho intramolecular Hbond substituents is 1. The molecule has 0 saturated carbocycles. The summed E-state index contributed by atoms with van der Waals surface area (Å²) in [5.41, 5.74) is 1.38. The maximum atomic E-state index is 12.7. The maximum absolute atomic E-state index is 12.7. The Morgan fingerprint density at radius 1 is 1.00 bits per heavy atom. The zero-order valence-corrected chi connectivity index (χ0v) is 14.1. The van der Waals surface area contributed by atoms with Gasteiger partial charge in [-0.1, -0.05) is 13.8 Å². The second-order valence-corrected chi connectivity index (χ2v) is 4.73. The Morgan fingerprint density at radius 2 is 1.71 bits per heavy atom. The molecule has 0 aliphatic heterocycles. The van der Waals surface area contributed by atoms with E-state index in [0.717, 1.165) is 0 Å². The number of carbonyl (C=O) groups excluding carboxylic acids is 1. The summed E-state index contributed by atoms with van der Waals surface area (Å²) in [7, 11) is 3.04. The van der Waals surface area contributed by atoms with Crippen LogP contribution < -0.4 is 9.47 Å². The van der Waals surface area contributed by atoms with Crippen molar-refractivity contribution in [3.63, 3.8) is 0 Å². The topological polar surface area (TPSA) is 68.9 Å². The normalized spacial score (nSPS) is 10.0. The van der Waals surface area contributed by atoms with Gasteiger partial charge in [0.05, 0.1) is 19.8 Å². The molecule has 3 rings (SSSR count). The second kappa shape index (κ2) is 7.55. The van der Waals surface area contributed by atoms with Gasteiger partial charge in [-0.05, 0) is 36.4 Å². The van der Waals surface area contributed by atoms with Crippen molar-refractivity contribution in [2.24, 2.45) is 0 Å². The summed E-state index contributed by atoms with van der Waals surface area (Å²) >= 11 is 0. The van der Waals surface area contributed by atoms with Crippen LogP contribution in [0.5, 0.6) is 17.2 Å². The van der Waals surface area contributed by atoms with Crippen LogP contribution in [0, 0.1) is 0 Å². The smallest absolute Gasteiger partial charge is 0.197 e. The number of hydrogen-bond acceptors (Lipinski definition) is 5. The predicted octanol–water partition coefficient (Wildman–Crippen LogP) is 4.41. The highest BCUT2D eigenvalue weighted by atomic mass is 16.5. The number of hydrogen-bond donors (Lipinski definition) is 1. The van der Waals surface area contributed by atoms with Crippen molar-refractivity contribution in [3.05, 3.63) is 53.8 Å². The molecule has 3 aromatic rings. The molecule has 5 heteroatoms. The van der Waals surface area contributed by atoms with E-state index in [4.69, 9.17) is 13.9 Å². The van der Waals surface area contributed by atoms with Crippen LogP contribution in [0.25, 0.3) is 11.0 Å². The predicted molar refractivity (Wildman–Crippen MR) is 92.2 cm³/mol. The van der Waals surface area contributed by atoms with Crippen molar-refractivity contribution in [1.29, 1.82) is 0 Å². The summed E-state index contributed by atoms with van der Waals surface area (Å²) in [5, 5.41) is 10.2. The molecule has 1 aromatic heterocycles. The summed E-state index contributed by atoms with van der Waals surface area (Å²) in [6, 6.07) is 9.58. The maximum Gasteiger partial charge on any atom is 0.197 e. The lowest BCUT2D eigenvalue weighted by molar-refractivity contribution is 0.103. The first kappa shape index (κ1) is 17.4. The fourth-order valence-electron chi connectivity index (χ4n) is 2.33. The number of fused-ring (bicyclic) bond motifs is 1. The molecule has 5 nitrogen and oxygen atoms in total. The third-order valence-electron chi connectivity index (χ3n) is 3.45. The standard InChI is InChI=1S/C17H14O5.C2H6/c1-20-15-5-3-10(7-16(15)21-2)17(19)13-9-22-14-6-4-11(18)8-12(13)14;1-2/h3-9,18H,1-2H3;1-2H3. The molecule has 0 bridgehead atoms. The third kappa shape index (κ3) is 3.20. The van der Waals surface area contributed by atoms with Crippen LogP contribution in [0.4, 0.5) is 0 Å². The Kier molecular flexibility index (Phi) is 5.47. The number of rotatable bonds is 4. The summed E-state index contributed by atoms with van der Waals surface area (Å²) in [4.78, 5) is 12.7. The largest absolute Gasteiger partial charge is 0.508 e. The van der Waals surface area contributed by atoms with Gasteiger partial charge in [0, 0.05) is 10.9 Å². The molecule has 0 radical (unpaired) electrons. The van der Waals surface area contributed by atoms with Gasteiger partial charge in [-0.15, -0.1) is 0 Å². The van der Waals surface area contributed by atoms with Crippen molar-refractivity contribution < 1.29 is 23.8 Å². The van der Waals surface area contributed by atoms with E-state index in [1.54, 1.807) is 24.3 Å². The van der Waals surface area contributed by atoms with E-state index < -0.39 is 0 Å². The number of ketones is 1. The number of carbonyl (C=O) groups is 1. The van der Waals surface area contributed by atoms with Gasteiger partial charge < -0.3 is 19.0 Å². The molecule has 1 heterocycles. The van der Waals surface area contributed by atoms with Crippen LogP contribution >= 0.6 is 0 Å². The SMILES string of the molecule is CC.COc1ccc(C(=O)c2coc3ccc(O)cc23)cc1OC. The molecule has 0 spiro atoms. The molecule has 0 aliphatic rings. The van der Waals surface area contributed by atoms with Crippen molar-refractivity contribution in [2.45, 2.75) is 13.8 Å². The monoisotopic (exact) mass is 328 g/mol. The molecular formula is C19H20O5. The highest BCUT2D eigenvalue weighted by molar-refractivity contribution is 6.16. The molecule has 1 N–H and O–H groups in total. The molecule has 0 unspecified atom stereocenters. The quantitative estimate of drug-likeness (QED) is 0.718. The van der Waals surface area contributed by atoms with Crippen LogP contribution in [0.3, 0.4) is 0 Å². The van der Waals surface area contributed by atoms with Gasteiger partial charge in [0.2, 0.25) is 0 Å². The average molecular weight is 328 g/mol. The molecule has 0 atom stereocenters. The minimum Gasteiger partial charge on any atom is -0.508 e. The van der Waals surface area contributed by atoms with Gasteiger partial charge in [-0.3, -0.25) is 4.79 Å². The molecule has 0 fully saturated rings. The number of ether oxygens (including phenoxy) is 2. The Morgan fingerprint density at radius 3 is 2.38 bits per heavy atom. The number of benzene rings is 2. The van der Waals surface area contributed by atoms with E-state index >= 15 is 0 Å². The highest BCUT2D eigenvalue weighted by Gasteiger charge is 2.18. The average Bonchev–Trinajstić information content (AvgIpc) is 3.05. The van der Waals surface area contributed by atoms with E-state index in [-0.39, 0.29) is 11.5 Å². The van der Waals surface area contributed by atoms with Gasteiger partial charge >= 0.3 is 0 Å². The molecular weight excluding hydrogens is 308 g/mol. The van der Waals surface area contributed by atoms with E-state index in [1.807, 2.05) is 13.8 Å². The number of phenols is 1. The van der Waals surface area contributed by atoms with E-state index in [2.05, 4.69) is 0 Å². The first-order valence-electron chi connectivity index (χ1n) is 7.61. The van der Waals surface area contributed by atoms with Gasteiger partial charge in [0.1, 0.15) is 17.6 Å². The molecule has 0 aliphatic carbocycles. The van der Waals surface area contributed by atoms with Gasteiger partial charge in [0.15, 0.2) is 17.3 Å². The molecule has 0 amide bonds. The van der Waals surface area contributed by atoms with Crippen LogP contribution in [0.1, 0.15) is 29.8 Å². The van der Waals surface area contributed by atoms with Gasteiger partial charge in [-0.2, -0.15) is 0 Å². The van der Waals surface area contributed by atoms with Crippen molar-refractivity contribution in [1.82, 2.24) is 0 Å². The van der Waals surface area contributed by atoms with Crippen molar-refractivity contribution >= 4 is 16.8 Å². The van der Waals surface area contributed by atoms with Gasteiger partial charge in [-0.25, -0.2) is 0 Å². The van der Waals surface area contributed by atoms with E-state index in [0.29, 0.717) is 33.6 Å².